The van der Waals surface area contributed by atoms with E-state index >= 15 is 0 Å². The van der Waals surface area contributed by atoms with E-state index in [1.54, 1.807) is 17.4 Å². The SMILES string of the molecule is [O]c1cccc2sc(N3CCN(Cc4ccccc4)C(Cc4ccccc4)C3)nc12. The van der Waals surface area contributed by atoms with Gasteiger partial charge in [0.05, 0.1) is 4.70 Å². The van der Waals surface area contributed by atoms with Crippen molar-refractivity contribution in [1.29, 1.82) is 0 Å². The van der Waals surface area contributed by atoms with E-state index in [2.05, 4.69) is 70.5 Å². The molecule has 1 saturated heterocycles. The molecule has 5 rings (SSSR count). The van der Waals surface area contributed by atoms with Crippen LogP contribution in [0, 0.1) is 0 Å². The van der Waals surface area contributed by atoms with Gasteiger partial charge in [-0.25, -0.2) is 4.98 Å². The number of thiazole rings is 1. The van der Waals surface area contributed by atoms with Gasteiger partial charge in [-0.05, 0) is 29.7 Å². The summed E-state index contributed by atoms with van der Waals surface area (Å²) in [5.74, 6) is 0.0125. The fourth-order valence-electron chi connectivity index (χ4n) is 4.22. The molecule has 3 aromatic carbocycles. The van der Waals surface area contributed by atoms with Crippen molar-refractivity contribution >= 4 is 26.7 Å². The number of para-hydroxylation sites is 1. The maximum absolute atomic E-state index is 12.2. The monoisotopic (exact) mass is 414 g/mol. The minimum atomic E-state index is 0.0125. The van der Waals surface area contributed by atoms with E-state index in [4.69, 9.17) is 4.98 Å². The molecular weight excluding hydrogens is 390 g/mol. The largest absolute Gasteiger partial charge is 0.345 e. The molecule has 1 atom stereocenters. The predicted octanol–water partition coefficient (Wildman–Crippen LogP) is 5.37. The standard InChI is InChI=1S/C25H24N3OS/c29-22-12-7-13-23-24(22)26-25(30-23)28-15-14-27(17-20-10-5-2-6-11-20)21(18-28)16-19-8-3-1-4-9-19/h1-13,21H,14-18H2. The molecule has 1 aliphatic heterocycles. The highest BCUT2D eigenvalue weighted by molar-refractivity contribution is 7.22. The summed E-state index contributed by atoms with van der Waals surface area (Å²) in [4.78, 5) is 9.65. The first-order chi connectivity index (χ1) is 14.8. The lowest BCUT2D eigenvalue weighted by molar-refractivity contribution is 0.167. The predicted molar refractivity (Wildman–Crippen MR) is 123 cm³/mol. The summed E-state index contributed by atoms with van der Waals surface area (Å²) in [5.41, 5.74) is 3.30. The Hall–Kier alpha value is -2.89. The number of piperazine rings is 1. The summed E-state index contributed by atoms with van der Waals surface area (Å²) in [6, 6.07) is 27.2. The Morgan fingerprint density at radius 1 is 0.867 bits per heavy atom. The number of hydrogen-bond donors (Lipinski definition) is 0. The highest BCUT2D eigenvalue weighted by Gasteiger charge is 2.29. The highest BCUT2D eigenvalue weighted by atomic mass is 32.1. The van der Waals surface area contributed by atoms with E-state index in [1.165, 1.54) is 11.1 Å². The van der Waals surface area contributed by atoms with Gasteiger partial charge in [0.2, 0.25) is 5.75 Å². The van der Waals surface area contributed by atoms with Crippen molar-refractivity contribution < 1.29 is 5.11 Å². The number of rotatable bonds is 5. The van der Waals surface area contributed by atoms with Gasteiger partial charge in [-0.2, -0.15) is 0 Å². The zero-order chi connectivity index (χ0) is 20.3. The second-order valence-electron chi connectivity index (χ2n) is 7.84. The Kier molecular flexibility index (Phi) is 5.39. The Morgan fingerprint density at radius 2 is 1.60 bits per heavy atom. The van der Waals surface area contributed by atoms with Crippen LogP contribution in [0.1, 0.15) is 11.1 Å². The highest BCUT2D eigenvalue weighted by Crippen LogP contribution is 2.35. The van der Waals surface area contributed by atoms with Gasteiger partial charge in [0, 0.05) is 32.2 Å². The summed E-state index contributed by atoms with van der Waals surface area (Å²) in [6.45, 7) is 3.77. The molecule has 5 heteroatoms. The average Bonchev–Trinajstić information content (AvgIpc) is 3.22. The fraction of sp³-hybridized carbons (Fsp3) is 0.240. The van der Waals surface area contributed by atoms with Gasteiger partial charge in [-0.3, -0.25) is 10.0 Å². The van der Waals surface area contributed by atoms with Gasteiger partial charge in [0.1, 0.15) is 5.52 Å². The molecule has 0 spiro atoms. The molecule has 0 aliphatic carbocycles. The van der Waals surface area contributed by atoms with Gasteiger partial charge < -0.3 is 4.90 Å². The smallest absolute Gasteiger partial charge is 0.205 e. The number of nitrogens with zero attached hydrogens (tertiary/aromatic N) is 3. The van der Waals surface area contributed by atoms with Crippen LogP contribution in [0.2, 0.25) is 0 Å². The molecule has 0 N–H and O–H groups in total. The van der Waals surface area contributed by atoms with Crippen LogP contribution >= 0.6 is 11.3 Å². The van der Waals surface area contributed by atoms with E-state index in [0.29, 0.717) is 11.6 Å². The van der Waals surface area contributed by atoms with Crippen molar-refractivity contribution in [2.45, 2.75) is 19.0 Å². The van der Waals surface area contributed by atoms with Crippen LogP contribution < -0.4 is 4.90 Å². The Balaban J connectivity index is 1.40. The maximum Gasteiger partial charge on any atom is 0.205 e. The first-order valence-corrected chi connectivity index (χ1v) is 11.2. The van der Waals surface area contributed by atoms with E-state index in [-0.39, 0.29) is 5.75 Å². The Morgan fingerprint density at radius 3 is 2.33 bits per heavy atom. The summed E-state index contributed by atoms with van der Waals surface area (Å²) < 4.78 is 0.976. The van der Waals surface area contributed by atoms with E-state index in [1.807, 2.05) is 12.1 Å². The topological polar surface area (TPSA) is 39.3 Å². The molecule has 0 saturated carbocycles. The lowest BCUT2D eigenvalue weighted by Crippen LogP contribution is -2.53. The van der Waals surface area contributed by atoms with Crippen LogP contribution in [0.3, 0.4) is 0 Å². The minimum absolute atomic E-state index is 0.0125. The van der Waals surface area contributed by atoms with E-state index in [9.17, 15) is 5.11 Å². The van der Waals surface area contributed by atoms with Crippen molar-refractivity contribution in [3.8, 4) is 5.75 Å². The molecule has 4 nitrogen and oxygen atoms in total. The number of aromatic nitrogens is 1. The molecule has 30 heavy (non-hydrogen) atoms. The van der Waals surface area contributed by atoms with Gasteiger partial charge in [0.15, 0.2) is 5.13 Å². The van der Waals surface area contributed by atoms with Crippen LogP contribution in [0.4, 0.5) is 5.13 Å². The molecule has 1 unspecified atom stereocenters. The first kappa shape index (κ1) is 19.1. The molecular formula is C25H24N3OS. The fourth-order valence-corrected chi connectivity index (χ4v) is 5.24. The van der Waals surface area contributed by atoms with Crippen LogP contribution in [-0.4, -0.2) is 35.6 Å². The second kappa shape index (κ2) is 8.46. The van der Waals surface area contributed by atoms with Crippen molar-refractivity contribution in [2.24, 2.45) is 0 Å². The Bertz CT molecular complexity index is 1110. The molecule has 1 radical (unpaired) electrons. The molecule has 151 valence electrons. The number of benzene rings is 3. The number of hydrogen-bond acceptors (Lipinski definition) is 4. The van der Waals surface area contributed by atoms with Gasteiger partial charge in [-0.1, -0.05) is 78.1 Å². The minimum Gasteiger partial charge on any atom is -0.345 e. The third-order valence-electron chi connectivity index (χ3n) is 5.79. The second-order valence-corrected chi connectivity index (χ2v) is 8.85. The molecule has 1 fully saturated rings. The normalized spacial score (nSPS) is 17.5. The van der Waals surface area contributed by atoms with Crippen molar-refractivity contribution in [3.05, 3.63) is 90.0 Å². The average molecular weight is 415 g/mol. The lowest BCUT2D eigenvalue weighted by Gasteiger charge is -2.41. The van der Waals surface area contributed by atoms with Crippen molar-refractivity contribution in [1.82, 2.24) is 9.88 Å². The van der Waals surface area contributed by atoms with Crippen LogP contribution in [0.5, 0.6) is 5.75 Å². The zero-order valence-electron chi connectivity index (χ0n) is 16.8. The van der Waals surface area contributed by atoms with Gasteiger partial charge in [-0.15, -0.1) is 0 Å². The van der Waals surface area contributed by atoms with E-state index < -0.39 is 0 Å². The molecule has 4 aromatic rings. The maximum atomic E-state index is 12.2. The van der Waals surface area contributed by atoms with Crippen LogP contribution in [-0.2, 0) is 18.1 Å². The molecule has 0 bridgehead atoms. The van der Waals surface area contributed by atoms with Gasteiger partial charge in [0.25, 0.3) is 0 Å². The number of fused-ring (bicyclic) bond motifs is 1. The molecule has 1 aliphatic rings. The third kappa shape index (κ3) is 4.04. The van der Waals surface area contributed by atoms with Crippen LogP contribution in [0.15, 0.2) is 78.9 Å². The zero-order valence-corrected chi connectivity index (χ0v) is 17.6. The van der Waals surface area contributed by atoms with Crippen molar-refractivity contribution in [2.75, 3.05) is 24.5 Å². The summed E-state index contributed by atoms with van der Waals surface area (Å²) >= 11 is 1.63. The number of anilines is 1. The van der Waals surface area contributed by atoms with Gasteiger partial charge >= 0.3 is 0 Å². The van der Waals surface area contributed by atoms with Crippen molar-refractivity contribution in [3.63, 3.8) is 0 Å². The quantitative estimate of drug-likeness (QED) is 0.440. The molecule has 2 heterocycles. The van der Waals surface area contributed by atoms with E-state index in [0.717, 1.165) is 42.4 Å². The third-order valence-corrected chi connectivity index (χ3v) is 6.87. The Labute approximate surface area is 181 Å². The molecule has 0 amide bonds. The first-order valence-electron chi connectivity index (χ1n) is 10.4. The lowest BCUT2D eigenvalue weighted by atomic mass is 10.0. The summed E-state index contributed by atoms with van der Waals surface area (Å²) in [6.07, 6.45) is 1.00. The summed E-state index contributed by atoms with van der Waals surface area (Å²) in [7, 11) is 0. The summed E-state index contributed by atoms with van der Waals surface area (Å²) in [5, 5.41) is 13.1. The van der Waals surface area contributed by atoms with Crippen LogP contribution in [0.25, 0.3) is 10.2 Å². The molecule has 1 aromatic heterocycles.